The van der Waals surface area contributed by atoms with Crippen LogP contribution in [0.4, 0.5) is 5.69 Å². The zero-order chi connectivity index (χ0) is 23.8. The number of carbonyl (C=O) groups excluding carboxylic acids is 3. The van der Waals surface area contributed by atoms with Gasteiger partial charge >= 0.3 is 0 Å². The summed E-state index contributed by atoms with van der Waals surface area (Å²) in [4.78, 5) is 50.8. The molecule has 34 heavy (non-hydrogen) atoms. The highest BCUT2D eigenvalue weighted by molar-refractivity contribution is 6.38. The van der Waals surface area contributed by atoms with E-state index >= 15 is 0 Å². The minimum atomic E-state index is -0.765. The number of aromatic nitrogens is 2. The number of piperazine rings is 1. The van der Waals surface area contributed by atoms with Crippen molar-refractivity contribution in [2.75, 3.05) is 31.5 Å². The first-order chi connectivity index (χ1) is 16.4. The molecule has 9 nitrogen and oxygen atoms in total. The number of hydrogen-bond acceptors (Lipinski definition) is 7. The Kier molecular flexibility index (Phi) is 5.79. The molecule has 1 aromatic carbocycles. The summed E-state index contributed by atoms with van der Waals surface area (Å²) in [6.07, 6.45) is 2.85. The van der Waals surface area contributed by atoms with Gasteiger partial charge in [0.1, 0.15) is 5.15 Å². The highest BCUT2D eigenvalue weighted by Crippen LogP contribution is 2.40. The third kappa shape index (κ3) is 3.92. The van der Waals surface area contributed by atoms with Crippen molar-refractivity contribution < 1.29 is 18.8 Å². The number of benzene rings is 1. The molecule has 2 aliphatic heterocycles. The molecule has 2 amide bonds. The summed E-state index contributed by atoms with van der Waals surface area (Å²) >= 11 is 6.22. The third-order valence-electron chi connectivity index (χ3n) is 6.25. The Balaban J connectivity index is 1.32. The molecule has 1 N–H and O–H groups in total. The summed E-state index contributed by atoms with van der Waals surface area (Å²) in [6.45, 7) is 3.06. The minimum Gasteiger partial charge on any atom is -0.443 e. The molecule has 1 saturated heterocycles. The quantitative estimate of drug-likeness (QED) is 0.452. The van der Waals surface area contributed by atoms with E-state index in [0.29, 0.717) is 41.4 Å². The Hall–Kier alpha value is -3.72. The summed E-state index contributed by atoms with van der Waals surface area (Å²) in [5.41, 5.74) is 2.27. The van der Waals surface area contributed by atoms with Crippen molar-refractivity contribution >= 4 is 34.9 Å². The standard InChI is InChI=1S/C24H22ClN5O4/c1-14-12-29(23(32)15-5-3-2-4-6-15)7-8-30(14)24(33)22(31)17-10-27-20-16(18-11-26-13-34-18)9-19(25)28-21(17)20/h2-6,9,11,13-14,17,27H,7-8,10,12H2,1H3/t14-,17?/m1/s1. The number of amides is 2. The first-order valence-corrected chi connectivity index (χ1v) is 11.3. The van der Waals surface area contributed by atoms with Crippen molar-refractivity contribution in [2.45, 2.75) is 18.9 Å². The first kappa shape index (κ1) is 22.1. The SMILES string of the molecule is C[C@@H]1CN(C(=O)c2ccccc2)CCN1C(=O)C(=O)C1CNc2c(-c3cnco3)cc(Cl)nc21. The topological polar surface area (TPSA) is 109 Å². The van der Waals surface area contributed by atoms with Gasteiger partial charge in [0.25, 0.3) is 11.8 Å². The number of oxazole rings is 1. The molecule has 174 valence electrons. The van der Waals surface area contributed by atoms with Gasteiger partial charge in [0.15, 0.2) is 12.2 Å². The fourth-order valence-corrected chi connectivity index (χ4v) is 4.73. The number of anilines is 1. The van der Waals surface area contributed by atoms with Crippen molar-refractivity contribution in [1.82, 2.24) is 19.8 Å². The zero-order valence-electron chi connectivity index (χ0n) is 18.4. The van der Waals surface area contributed by atoms with Crippen LogP contribution in [0.25, 0.3) is 11.3 Å². The molecule has 2 atom stereocenters. The van der Waals surface area contributed by atoms with E-state index in [-0.39, 0.29) is 30.2 Å². The Morgan fingerprint density at radius 1 is 1.18 bits per heavy atom. The molecule has 2 aliphatic rings. The molecular formula is C24H22ClN5O4. The normalized spacial score (nSPS) is 19.5. The van der Waals surface area contributed by atoms with Gasteiger partial charge < -0.3 is 19.5 Å². The second-order valence-corrected chi connectivity index (χ2v) is 8.77. The molecule has 5 rings (SSSR count). The lowest BCUT2D eigenvalue weighted by Crippen LogP contribution is -2.57. The van der Waals surface area contributed by atoms with Gasteiger partial charge in [-0.2, -0.15) is 0 Å². The number of Topliss-reactive ketones (excluding diaryl/α,β-unsaturated/α-hetero) is 1. The number of fused-ring (bicyclic) bond motifs is 1. The number of ketones is 1. The van der Waals surface area contributed by atoms with Gasteiger partial charge in [-0.1, -0.05) is 29.8 Å². The largest absolute Gasteiger partial charge is 0.443 e. The second-order valence-electron chi connectivity index (χ2n) is 8.38. The van der Waals surface area contributed by atoms with Gasteiger partial charge in [0, 0.05) is 43.3 Å². The Bertz CT molecular complexity index is 1250. The van der Waals surface area contributed by atoms with Crippen LogP contribution in [0, 0.1) is 0 Å². The number of nitrogens with one attached hydrogen (secondary N) is 1. The maximum atomic E-state index is 13.3. The van der Waals surface area contributed by atoms with Crippen molar-refractivity contribution in [3.8, 4) is 11.3 Å². The Labute approximate surface area is 200 Å². The van der Waals surface area contributed by atoms with Crippen molar-refractivity contribution in [3.63, 3.8) is 0 Å². The molecular weight excluding hydrogens is 458 g/mol. The van der Waals surface area contributed by atoms with Crippen LogP contribution < -0.4 is 5.32 Å². The van der Waals surface area contributed by atoms with Crippen LogP contribution in [-0.2, 0) is 9.59 Å². The molecule has 0 spiro atoms. The van der Waals surface area contributed by atoms with E-state index in [4.69, 9.17) is 16.0 Å². The summed E-state index contributed by atoms with van der Waals surface area (Å²) in [7, 11) is 0. The summed E-state index contributed by atoms with van der Waals surface area (Å²) in [6, 6.07) is 10.4. The molecule has 0 aliphatic carbocycles. The van der Waals surface area contributed by atoms with Crippen LogP contribution in [0.2, 0.25) is 5.15 Å². The first-order valence-electron chi connectivity index (χ1n) is 11.0. The van der Waals surface area contributed by atoms with Gasteiger partial charge in [0.05, 0.1) is 23.5 Å². The summed E-state index contributed by atoms with van der Waals surface area (Å²) < 4.78 is 5.38. The van der Waals surface area contributed by atoms with Gasteiger partial charge in [-0.05, 0) is 25.1 Å². The van der Waals surface area contributed by atoms with Crippen LogP contribution in [0.1, 0.15) is 28.9 Å². The fourth-order valence-electron chi connectivity index (χ4n) is 4.53. The van der Waals surface area contributed by atoms with E-state index in [2.05, 4.69) is 15.3 Å². The summed E-state index contributed by atoms with van der Waals surface area (Å²) in [5.74, 6) is -1.50. The molecule has 10 heteroatoms. The molecule has 1 unspecified atom stereocenters. The van der Waals surface area contributed by atoms with Gasteiger partial charge in [-0.15, -0.1) is 0 Å². The predicted octanol–water partition coefficient (Wildman–Crippen LogP) is 2.84. The number of hydrogen-bond donors (Lipinski definition) is 1. The van der Waals surface area contributed by atoms with Crippen LogP contribution >= 0.6 is 11.6 Å². The maximum Gasteiger partial charge on any atom is 0.291 e. The van der Waals surface area contributed by atoms with Gasteiger partial charge in [0.2, 0.25) is 5.78 Å². The molecule has 0 saturated carbocycles. The zero-order valence-corrected chi connectivity index (χ0v) is 19.2. The number of nitrogens with zero attached hydrogens (tertiary/aromatic N) is 4. The molecule has 1 fully saturated rings. The van der Waals surface area contributed by atoms with E-state index in [1.807, 2.05) is 25.1 Å². The van der Waals surface area contributed by atoms with E-state index in [0.717, 1.165) is 0 Å². The predicted molar refractivity (Wildman–Crippen MR) is 125 cm³/mol. The van der Waals surface area contributed by atoms with Gasteiger partial charge in [-0.3, -0.25) is 14.4 Å². The average molecular weight is 480 g/mol. The molecule has 3 aromatic rings. The second kappa shape index (κ2) is 8.90. The van der Waals surface area contributed by atoms with E-state index in [1.165, 1.54) is 11.3 Å². The van der Waals surface area contributed by atoms with Crippen LogP contribution in [-0.4, -0.2) is 69.6 Å². The number of carbonyl (C=O) groups is 3. The number of rotatable bonds is 4. The average Bonchev–Trinajstić information content (AvgIpc) is 3.53. The highest BCUT2D eigenvalue weighted by Gasteiger charge is 2.40. The lowest BCUT2D eigenvalue weighted by Gasteiger charge is -2.39. The van der Waals surface area contributed by atoms with Crippen LogP contribution in [0.3, 0.4) is 0 Å². The fraction of sp³-hybridized carbons (Fsp3) is 0.292. The smallest absolute Gasteiger partial charge is 0.291 e. The van der Waals surface area contributed by atoms with E-state index in [9.17, 15) is 14.4 Å². The molecule has 2 aromatic heterocycles. The molecule has 4 heterocycles. The third-order valence-corrected chi connectivity index (χ3v) is 6.44. The monoisotopic (exact) mass is 479 g/mol. The molecule has 0 bridgehead atoms. The van der Waals surface area contributed by atoms with E-state index in [1.54, 1.807) is 29.3 Å². The lowest BCUT2D eigenvalue weighted by molar-refractivity contribution is -0.148. The molecule has 0 radical (unpaired) electrons. The van der Waals surface area contributed by atoms with Crippen LogP contribution in [0.15, 0.2) is 53.4 Å². The Morgan fingerprint density at radius 3 is 2.68 bits per heavy atom. The lowest BCUT2D eigenvalue weighted by atomic mass is 9.98. The highest BCUT2D eigenvalue weighted by atomic mass is 35.5. The van der Waals surface area contributed by atoms with Crippen molar-refractivity contribution in [3.05, 3.63) is 65.4 Å². The van der Waals surface area contributed by atoms with Crippen molar-refractivity contribution in [2.24, 2.45) is 0 Å². The minimum absolute atomic E-state index is 0.0846. The summed E-state index contributed by atoms with van der Waals surface area (Å²) in [5, 5.41) is 3.37. The maximum absolute atomic E-state index is 13.3. The van der Waals surface area contributed by atoms with E-state index < -0.39 is 17.6 Å². The Morgan fingerprint density at radius 2 is 1.97 bits per heavy atom. The van der Waals surface area contributed by atoms with Crippen molar-refractivity contribution in [1.29, 1.82) is 0 Å². The van der Waals surface area contributed by atoms with Crippen LogP contribution in [0.5, 0.6) is 0 Å². The number of pyridine rings is 1. The number of halogens is 1. The van der Waals surface area contributed by atoms with Gasteiger partial charge in [-0.25, -0.2) is 9.97 Å².